The minimum atomic E-state index is -0.746. The van der Waals surface area contributed by atoms with Crippen LogP contribution in [0.15, 0.2) is 108 Å². The summed E-state index contributed by atoms with van der Waals surface area (Å²) in [7, 11) is 0. The quantitative estimate of drug-likeness (QED) is 0.188. The Morgan fingerprint density at radius 3 is 2.10 bits per heavy atom. The summed E-state index contributed by atoms with van der Waals surface area (Å²) in [6.07, 6.45) is 7.62. The maximum atomic E-state index is 10.8. The number of benzene rings is 3. The maximum absolute atomic E-state index is 10.8. The summed E-state index contributed by atoms with van der Waals surface area (Å²) in [6.45, 7) is 6.55. The Morgan fingerprint density at radius 1 is 0.875 bits per heavy atom. The number of carboxylic acids is 1. The number of hydrogen-bond acceptors (Lipinski definition) is 4. The molecule has 2 N–H and O–H groups in total. The lowest BCUT2D eigenvalue weighted by molar-refractivity contribution is -0.136. The Hall–Kier alpha value is -3.67. The summed E-state index contributed by atoms with van der Waals surface area (Å²) in [5.74, 6) is 0.217. The van der Waals surface area contributed by atoms with E-state index in [0.717, 1.165) is 56.8 Å². The first kappa shape index (κ1) is 29.3. The summed E-state index contributed by atoms with van der Waals surface area (Å²) >= 11 is 0. The number of nitrogens with zero attached hydrogens (tertiary/aromatic N) is 1. The monoisotopic (exact) mass is 538 g/mol. The van der Waals surface area contributed by atoms with Gasteiger partial charge in [-0.2, -0.15) is 0 Å². The largest absolute Gasteiger partial charge is 0.493 e. The van der Waals surface area contributed by atoms with E-state index in [2.05, 4.69) is 102 Å². The van der Waals surface area contributed by atoms with Crippen molar-refractivity contribution < 1.29 is 14.6 Å². The van der Waals surface area contributed by atoms with Crippen LogP contribution in [0.1, 0.15) is 67.3 Å². The minimum Gasteiger partial charge on any atom is -0.493 e. The van der Waals surface area contributed by atoms with Crippen LogP contribution in [0.4, 0.5) is 0 Å². The molecule has 0 saturated carbocycles. The van der Waals surface area contributed by atoms with Crippen LogP contribution in [0.25, 0.3) is 0 Å². The van der Waals surface area contributed by atoms with Crippen LogP contribution in [0, 0.1) is 0 Å². The summed E-state index contributed by atoms with van der Waals surface area (Å²) in [5.41, 5.74) is 6.25. The normalized spacial score (nSPS) is 13.3. The van der Waals surface area contributed by atoms with Gasteiger partial charge in [-0.15, -0.1) is 0 Å². The van der Waals surface area contributed by atoms with Gasteiger partial charge in [-0.05, 0) is 54.1 Å². The molecule has 0 aliphatic heterocycles. The van der Waals surface area contributed by atoms with Gasteiger partial charge in [0, 0.05) is 32.5 Å². The molecule has 0 saturated heterocycles. The average Bonchev–Trinajstić information content (AvgIpc) is 2.99. The SMILES string of the molecule is CCCN(CCNCc1ccc(COC2=CC=C(CCC(=O)O)CC2)cc1)C(c1ccccc1)c1ccccc1. The lowest BCUT2D eigenvalue weighted by Gasteiger charge is -2.32. The van der Waals surface area contributed by atoms with Crippen LogP contribution >= 0.6 is 0 Å². The number of nitrogens with one attached hydrogen (secondary N) is 1. The van der Waals surface area contributed by atoms with Crippen molar-refractivity contribution in [2.75, 3.05) is 19.6 Å². The van der Waals surface area contributed by atoms with Gasteiger partial charge in [-0.1, -0.05) is 104 Å². The van der Waals surface area contributed by atoms with E-state index in [4.69, 9.17) is 9.84 Å². The molecule has 210 valence electrons. The number of hydrogen-bond donors (Lipinski definition) is 2. The van der Waals surface area contributed by atoms with Gasteiger partial charge in [0.25, 0.3) is 0 Å². The average molecular weight is 539 g/mol. The van der Waals surface area contributed by atoms with Crippen LogP contribution in [0.5, 0.6) is 0 Å². The van der Waals surface area contributed by atoms with Crippen LogP contribution in [-0.4, -0.2) is 35.6 Å². The Kier molecular flexibility index (Phi) is 11.6. The fourth-order valence-electron chi connectivity index (χ4n) is 5.18. The summed E-state index contributed by atoms with van der Waals surface area (Å²) in [5, 5.41) is 12.5. The van der Waals surface area contributed by atoms with Gasteiger partial charge in [0.2, 0.25) is 0 Å². The molecule has 5 heteroatoms. The van der Waals surface area contributed by atoms with E-state index in [0.29, 0.717) is 13.0 Å². The minimum absolute atomic E-state index is 0.190. The van der Waals surface area contributed by atoms with Crippen molar-refractivity contribution >= 4 is 5.97 Å². The highest BCUT2D eigenvalue weighted by Crippen LogP contribution is 2.28. The topological polar surface area (TPSA) is 61.8 Å². The van der Waals surface area contributed by atoms with Gasteiger partial charge in [0.05, 0.1) is 11.8 Å². The molecule has 3 aromatic carbocycles. The van der Waals surface area contributed by atoms with Crippen LogP contribution in [-0.2, 0) is 22.7 Å². The predicted molar refractivity (Wildman–Crippen MR) is 162 cm³/mol. The predicted octanol–water partition coefficient (Wildman–Crippen LogP) is 7.26. The highest BCUT2D eigenvalue weighted by molar-refractivity contribution is 5.67. The van der Waals surface area contributed by atoms with Gasteiger partial charge in [0.1, 0.15) is 6.61 Å². The third-order valence-corrected chi connectivity index (χ3v) is 7.32. The van der Waals surface area contributed by atoms with E-state index < -0.39 is 5.97 Å². The molecule has 4 rings (SSSR count). The lowest BCUT2D eigenvalue weighted by Crippen LogP contribution is -2.36. The molecular formula is C35H42N2O3. The Balaban J connectivity index is 1.25. The van der Waals surface area contributed by atoms with Crippen LogP contribution < -0.4 is 5.32 Å². The van der Waals surface area contributed by atoms with E-state index in [1.807, 2.05) is 12.2 Å². The van der Waals surface area contributed by atoms with E-state index in [9.17, 15) is 4.79 Å². The molecule has 0 spiro atoms. The van der Waals surface area contributed by atoms with E-state index in [-0.39, 0.29) is 12.5 Å². The fourth-order valence-corrected chi connectivity index (χ4v) is 5.18. The third-order valence-electron chi connectivity index (χ3n) is 7.32. The Labute approximate surface area is 239 Å². The Morgan fingerprint density at radius 2 is 1.52 bits per heavy atom. The zero-order chi connectivity index (χ0) is 28.0. The number of aliphatic carboxylic acids is 1. The van der Waals surface area contributed by atoms with Crippen molar-refractivity contribution in [3.05, 3.63) is 131 Å². The van der Waals surface area contributed by atoms with Gasteiger partial charge in [0.15, 0.2) is 0 Å². The van der Waals surface area contributed by atoms with Crippen molar-refractivity contribution in [1.82, 2.24) is 10.2 Å². The van der Waals surface area contributed by atoms with Crippen molar-refractivity contribution in [2.24, 2.45) is 0 Å². The molecule has 3 aromatic rings. The van der Waals surface area contributed by atoms with Crippen LogP contribution in [0.3, 0.4) is 0 Å². The number of ether oxygens (including phenoxy) is 1. The van der Waals surface area contributed by atoms with E-state index in [1.165, 1.54) is 22.3 Å². The van der Waals surface area contributed by atoms with Gasteiger partial charge in [-0.25, -0.2) is 0 Å². The highest BCUT2D eigenvalue weighted by atomic mass is 16.5. The number of carbonyl (C=O) groups is 1. The molecule has 0 radical (unpaired) electrons. The van der Waals surface area contributed by atoms with Gasteiger partial charge >= 0.3 is 5.97 Å². The zero-order valence-electron chi connectivity index (χ0n) is 23.6. The third kappa shape index (κ3) is 9.22. The maximum Gasteiger partial charge on any atom is 0.303 e. The second kappa shape index (κ2) is 15.8. The molecule has 40 heavy (non-hydrogen) atoms. The van der Waals surface area contributed by atoms with E-state index >= 15 is 0 Å². The summed E-state index contributed by atoms with van der Waals surface area (Å²) in [4.78, 5) is 13.3. The van der Waals surface area contributed by atoms with Crippen LogP contribution in [0.2, 0.25) is 0 Å². The molecule has 5 nitrogen and oxygen atoms in total. The second-order valence-corrected chi connectivity index (χ2v) is 10.4. The molecule has 0 heterocycles. The van der Waals surface area contributed by atoms with Gasteiger partial charge in [-0.3, -0.25) is 9.69 Å². The first-order chi connectivity index (χ1) is 19.6. The smallest absolute Gasteiger partial charge is 0.303 e. The molecule has 1 aliphatic rings. The molecule has 1 aliphatic carbocycles. The Bertz CT molecular complexity index is 1200. The van der Waals surface area contributed by atoms with Gasteiger partial charge < -0.3 is 15.2 Å². The molecule has 0 aromatic heterocycles. The van der Waals surface area contributed by atoms with Crippen molar-refractivity contribution in [2.45, 2.75) is 58.2 Å². The number of allylic oxidation sites excluding steroid dienone is 4. The summed E-state index contributed by atoms with van der Waals surface area (Å²) in [6, 6.07) is 30.5. The summed E-state index contributed by atoms with van der Waals surface area (Å²) < 4.78 is 6.01. The number of rotatable bonds is 16. The zero-order valence-corrected chi connectivity index (χ0v) is 23.6. The number of carboxylic acid groups (broad SMARTS) is 1. The molecule has 0 unspecified atom stereocenters. The van der Waals surface area contributed by atoms with Crippen molar-refractivity contribution in [3.63, 3.8) is 0 Å². The molecule has 0 amide bonds. The lowest BCUT2D eigenvalue weighted by atomic mass is 9.97. The molecular weight excluding hydrogens is 496 g/mol. The fraction of sp³-hybridized carbons (Fsp3) is 0.343. The molecule has 0 fully saturated rings. The first-order valence-electron chi connectivity index (χ1n) is 14.5. The second-order valence-electron chi connectivity index (χ2n) is 10.4. The van der Waals surface area contributed by atoms with Crippen molar-refractivity contribution in [3.8, 4) is 0 Å². The first-order valence-corrected chi connectivity index (χ1v) is 14.5. The highest BCUT2D eigenvalue weighted by Gasteiger charge is 2.21. The van der Waals surface area contributed by atoms with E-state index in [1.54, 1.807) is 0 Å². The standard InChI is InChI=1S/C35H42N2O3/c1-2-24-37(35(31-9-5-3-6-10-31)32-11-7-4-8-12-32)25-23-36-26-29-13-15-30(16-14-29)27-40-33-20-17-28(18-21-33)19-22-34(38)39/h3-17,20,35-36H,2,18-19,21-27H2,1H3,(H,38,39). The molecule has 0 atom stereocenters. The van der Waals surface area contributed by atoms with Crippen molar-refractivity contribution in [1.29, 1.82) is 0 Å². The molecule has 0 bridgehead atoms.